The smallest absolute Gasteiger partial charge is 0.246 e. The molecule has 1 aromatic carbocycles. The van der Waals surface area contributed by atoms with Crippen LogP contribution in [0.3, 0.4) is 0 Å². The summed E-state index contributed by atoms with van der Waals surface area (Å²) in [6, 6.07) is 7.41. The van der Waals surface area contributed by atoms with Crippen molar-refractivity contribution in [2.75, 3.05) is 20.2 Å². The molecule has 0 spiro atoms. The maximum Gasteiger partial charge on any atom is 0.246 e. The highest BCUT2D eigenvalue weighted by Crippen LogP contribution is 2.20. The standard InChI is InChI=1S/C16H21ClN2O2/c1-21-15-8-9-19(14(10-15)11-18)16(20)7-4-12-2-5-13(17)6-3-12/h2-7,14-15H,8-11,18H2,1H3/b7-4+. The zero-order valence-corrected chi connectivity index (χ0v) is 12.9. The Labute approximate surface area is 130 Å². The van der Waals surface area contributed by atoms with E-state index in [1.54, 1.807) is 31.4 Å². The molecule has 2 N–H and O–H groups in total. The molecule has 1 aliphatic rings. The molecule has 0 aromatic heterocycles. The van der Waals surface area contributed by atoms with Crippen LogP contribution in [0.2, 0.25) is 5.02 Å². The minimum atomic E-state index is -0.00467. The fraction of sp³-hybridized carbons (Fsp3) is 0.438. The molecule has 21 heavy (non-hydrogen) atoms. The minimum absolute atomic E-state index is 0.00467. The number of carbonyl (C=O) groups excluding carboxylic acids is 1. The molecule has 114 valence electrons. The lowest BCUT2D eigenvalue weighted by Crippen LogP contribution is -2.50. The van der Waals surface area contributed by atoms with Gasteiger partial charge < -0.3 is 15.4 Å². The predicted octanol–water partition coefficient (Wildman–Crippen LogP) is 2.32. The van der Waals surface area contributed by atoms with Crippen molar-refractivity contribution in [3.63, 3.8) is 0 Å². The fourth-order valence-electron chi connectivity index (χ4n) is 2.58. The quantitative estimate of drug-likeness (QED) is 0.869. The molecule has 1 aliphatic heterocycles. The van der Waals surface area contributed by atoms with Crippen molar-refractivity contribution in [1.82, 2.24) is 4.90 Å². The summed E-state index contributed by atoms with van der Waals surface area (Å²) >= 11 is 5.84. The first-order chi connectivity index (χ1) is 10.1. The summed E-state index contributed by atoms with van der Waals surface area (Å²) in [5.74, 6) is -0.00467. The van der Waals surface area contributed by atoms with Crippen LogP contribution in [0.4, 0.5) is 0 Å². The summed E-state index contributed by atoms with van der Waals surface area (Å²) < 4.78 is 5.37. The number of nitrogens with zero attached hydrogens (tertiary/aromatic N) is 1. The number of hydrogen-bond acceptors (Lipinski definition) is 3. The van der Waals surface area contributed by atoms with Crippen molar-refractivity contribution >= 4 is 23.6 Å². The van der Waals surface area contributed by atoms with Crippen LogP contribution in [0.5, 0.6) is 0 Å². The molecule has 1 aromatic rings. The van der Waals surface area contributed by atoms with Crippen LogP contribution < -0.4 is 5.73 Å². The fourth-order valence-corrected chi connectivity index (χ4v) is 2.71. The maximum absolute atomic E-state index is 12.3. The van der Waals surface area contributed by atoms with E-state index >= 15 is 0 Å². The number of ether oxygens (including phenoxy) is 1. The SMILES string of the molecule is COC1CCN(C(=O)/C=C/c2ccc(Cl)cc2)C(CN)C1. The summed E-state index contributed by atoms with van der Waals surface area (Å²) in [4.78, 5) is 14.2. The lowest BCUT2D eigenvalue weighted by molar-refractivity contribution is -0.131. The van der Waals surface area contributed by atoms with E-state index in [1.807, 2.05) is 17.0 Å². The van der Waals surface area contributed by atoms with Crippen LogP contribution in [-0.4, -0.2) is 43.2 Å². The zero-order chi connectivity index (χ0) is 15.2. The van der Waals surface area contributed by atoms with Gasteiger partial charge in [-0.1, -0.05) is 23.7 Å². The van der Waals surface area contributed by atoms with Gasteiger partial charge in [0.25, 0.3) is 0 Å². The first-order valence-corrected chi connectivity index (χ1v) is 7.49. The first-order valence-electron chi connectivity index (χ1n) is 7.11. The summed E-state index contributed by atoms with van der Waals surface area (Å²) in [6.07, 6.45) is 5.25. The molecule has 1 amide bonds. The van der Waals surface area contributed by atoms with E-state index in [1.165, 1.54) is 0 Å². The van der Waals surface area contributed by atoms with Gasteiger partial charge in [-0.2, -0.15) is 0 Å². The molecule has 2 rings (SSSR count). The van der Waals surface area contributed by atoms with Crippen molar-refractivity contribution < 1.29 is 9.53 Å². The third-order valence-corrected chi connectivity index (χ3v) is 4.10. The Morgan fingerprint density at radius 2 is 2.19 bits per heavy atom. The Balaban J connectivity index is 2.00. The van der Waals surface area contributed by atoms with Crippen LogP contribution in [0.1, 0.15) is 18.4 Å². The number of methoxy groups -OCH3 is 1. The molecule has 0 bridgehead atoms. The number of amides is 1. The van der Waals surface area contributed by atoms with E-state index in [2.05, 4.69) is 0 Å². The Morgan fingerprint density at radius 3 is 2.81 bits per heavy atom. The number of piperidine rings is 1. The molecule has 0 aliphatic carbocycles. The normalized spacial score (nSPS) is 22.7. The van der Waals surface area contributed by atoms with Gasteiger partial charge in [-0.3, -0.25) is 4.79 Å². The number of benzene rings is 1. The van der Waals surface area contributed by atoms with Crippen LogP contribution in [0.25, 0.3) is 6.08 Å². The summed E-state index contributed by atoms with van der Waals surface area (Å²) in [6.45, 7) is 1.14. The third-order valence-electron chi connectivity index (χ3n) is 3.84. The van der Waals surface area contributed by atoms with Gasteiger partial charge in [-0.25, -0.2) is 0 Å². The predicted molar refractivity (Wildman–Crippen MR) is 85.1 cm³/mol. The van der Waals surface area contributed by atoms with Gasteiger partial charge >= 0.3 is 0 Å². The second-order valence-electron chi connectivity index (χ2n) is 5.19. The summed E-state index contributed by atoms with van der Waals surface area (Å²) in [7, 11) is 1.70. The van der Waals surface area contributed by atoms with E-state index in [-0.39, 0.29) is 18.1 Å². The molecule has 0 radical (unpaired) electrons. The van der Waals surface area contributed by atoms with Crippen LogP contribution >= 0.6 is 11.6 Å². The van der Waals surface area contributed by atoms with Gasteiger partial charge in [0.2, 0.25) is 5.91 Å². The molecule has 1 heterocycles. The summed E-state index contributed by atoms with van der Waals surface area (Å²) in [5.41, 5.74) is 6.73. The van der Waals surface area contributed by atoms with Gasteiger partial charge in [-0.15, -0.1) is 0 Å². The Hall–Kier alpha value is -1.36. The van der Waals surface area contributed by atoms with Crippen molar-refractivity contribution in [1.29, 1.82) is 0 Å². The molecule has 2 atom stereocenters. The first kappa shape index (κ1) is 16.0. The molecule has 1 fully saturated rings. The number of nitrogens with two attached hydrogens (primary N) is 1. The monoisotopic (exact) mass is 308 g/mol. The van der Waals surface area contributed by atoms with E-state index < -0.39 is 0 Å². The minimum Gasteiger partial charge on any atom is -0.381 e. The Bertz CT molecular complexity index is 502. The van der Waals surface area contributed by atoms with Gasteiger partial charge in [0, 0.05) is 37.3 Å². The molecule has 1 saturated heterocycles. The van der Waals surface area contributed by atoms with E-state index in [0.717, 1.165) is 18.4 Å². The maximum atomic E-state index is 12.3. The van der Waals surface area contributed by atoms with Crippen LogP contribution in [-0.2, 0) is 9.53 Å². The van der Waals surface area contributed by atoms with E-state index in [4.69, 9.17) is 22.1 Å². The van der Waals surface area contributed by atoms with Crippen molar-refractivity contribution in [2.45, 2.75) is 25.0 Å². The van der Waals surface area contributed by atoms with Gasteiger partial charge in [0.1, 0.15) is 0 Å². The lowest BCUT2D eigenvalue weighted by Gasteiger charge is -2.37. The third kappa shape index (κ3) is 4.30. The summed E-state index contributed by atoms with van der Waals surface area (Å²) in [5, 5.41) is 0.684. The number of carbonyl (C=O) groups is 1. The highest BCUT2D eigenvalue weighted by atomic mass is 35.5. The lowest BCUT2D eigenvalue weighted by atomic mass is 9.99. The Kier molecular flexibility index (Phi) is 5.79. The second-order valence-corrected chi connectivity index (χ2v) is 5.62. The number of hydrogen-bond donors (Lipinski definition) is 1. The van der Waals surface area contributed by atoms with Crippen LogP contribution in [0, 0.1) is 0 Å². The topological polar surface area (TPSA) is 55.6 Å². The molecular weight excluding hydrogens is 288 g/mol. The van der Waals surface area contributed by atoms with Crippen LogP contribution in [0.15, 0.2) is 30.3 Å². The zero-order valence-electron chi connectivity index (χ0n) is 12.2. The molecule has 0 saturated carbocycles. The highest BCUT2D eigenvalue weighted by Gasteiger charge is 2.29. The number of likely N-dealkylation sites (tertiary alicyclic amines) is 1. The average molecular weight is 309 g/mol. The van der Waals surface area contributed by atoms with E-state index in [0.29, 0.717) is 18.1 Å². The number of rotatable bonds is 4. The molecular formula is C16H21ClN2O2. The van der Waals surface area contributed by atoms with Crippen molar-refractivity contribution in [3.05, 3.63) is 40.9 Å². The van der Waals surface area contributed by atoms with Gasteiger partial charge in [0.05, 0.1) is 6.10 Å². The van der Waals surface area contributed by atoms with Gasteiger partial charge in [0.15, 0.2) is 0 Å². The number of halogens is 1. The highest BCUT2D eigenvalue weighted by molar-refractivity contribution is 6.30. The molecule has 4 nitrogen and oxygen atoms in total. The second kappa shape index (κ2) is 7.59. The molecule has 2 unspecified atom stereocenters. The largest absolute Gasteiger partial charge is 0.381 e. The van der Waals surface area contributed by atoms with E-state index in [9.17, 15) is 4.79 Å². The van der Waals surface area contributed by atoms with Gasteiger partial charge in [-0.05, 0) is 36.6 Å². The Morgan fingerprint density at radius 1 is 1.48 bits per heavy atom. The molecule has 5 heteroatoms. The average Bonchev–Trinajstić information content (AvgIpc) is 2.53. The van der Waals surface area contributed by atoms with Crippen molar-refractivity contribution in [3.8, 4) is 0 Å². The van der Waals surface area contributed by atoms with Crippen molar-refractivity contribution in [2.24, 2.45) is 5.73 Å².